The Balaban J connectivity index is 1.68. The fourth-order valence-electron chi connectivity index (χ4n) is 3.69. The molecule has 2 bridgehead atoms. The van der Waals surface area contributed by atoms with Crippen molar-refractivity contribution in [1.82, 2.24) is 0 Å². The Morgan fingerprint density at radius 2 is 2.05 bits per heavy atom. The highest BCUT2D eigenvalue weighted by Gasteiger charge is 2.49. The predicted molar refractivity (Wildman–Crippen MR) is 76.0 cm³/mol. The summed E-state index contributed by atoms with van der Waals surface area (Å²) in [5, 5.41) is 0. The van der Waals surface area contributed by atoms with Crippen molar-refractivity contribution in [3.63, 3.8) is 0 Å². The van der Waals surface area contributed by atoms with Crippen LogP contribution in [0.5, 0.6) is 0 Å². The first-order chi connectivity index (χ1) is 9.51. The molecule has 2 aliphatic heterocycles. The van der Waals surface area contributed by atoms with Crippen LogP contribution >= 0.6 is 0 Å². The Morgan fingerprint density at radius 1 is 1.25 bits per heavy atom. The van der Waals surface area contributed by atoms with Gasteiger partial charge >= 0.3 is 0 Å². The van der Waals surface area contributed by atoms with Gasteiger partial charge in [-0.2, -0.15) is 0 Å². The van der Waals surface area contributed by atoms with Crippen molar-refractivity contribution >= 4 is 0 Å². The van der Waals surface area contributed by atoms with Gasteiger partial charge in [-0.1, -0.05) is 18.2 Å². The highest BCUT2D eigenvalue weighted by Crippen LogP contribution is 2.46. The van der Waals surface area contributed by atoms with Crippen LogP contribution in [0.2, 0.25) is 0 Å². The lowest BCUT2D eigenvalue weighted by atomic mass is 9.75. The molecular formula is C17H23FO2. The summed E-state index contributed by atoms with van der Waals surface area (Å²) in [4.78, 5) is 0. The molecule has 2 heterocycles. The Morgan fingerprint density at radius 3 is 2.85 bits per heavy atom. The molecule has 2 aliphatic rings. The van der Waals surface area contributed by atoms with Gasteiger partial charge in [-0.15, -0.1) is 0 Å². The van der Waals surface area contributed by atoms with Gasteiger partial charge in [0.15, 0.2) is 0 Å². The van der Waals surface area contributed by atoms with Crippen molar-refractivity contribution in [3.8, 4) is 0 Å². The molecule has 2 fully saturated rings. The van der Waals surface area contributed by atoms with Crippen LogP contribution in [0.15, 0.2) is 24.3 Å². The standard InChI is InChI=1S/C17H23FO2/c1-16-9-5-10-17(2,20-16)15(8-11-16)19-12-13-6-3-4-7-14(13)18/h3-4,6-7,15H,5,8-12H2,1-2H3. The van der Waals surface area contributed by atoms with Gasteiger partial charge in [-0.3, -0.25) is 0 Å². The highest BCUT2D eigenvalue weighted by molar-refractivity contribution is 5.16. The lowest BCUT2D eigenvalue weighted by Gasteiger charge is -2.53. The monoisotopic (exact) mass is 278 g/mol. The molecule has 1 aromatic carbocycles. The molecule has 0 saturated carbocycles. The molecule has 0 aliphatic carbocycles. The summed E-state index contributed by atoms with van der Waals surface area (Å²) in [6, 6.07) is 6.82. The highest BCUT2D eigenvalue weighted by atomic mass is 19.1. The van der Waals surface area contributed by atoms with E-state index in [9.17, 15) is 4.39 Å². The van der Waals surface area contributed by atoms with Crippen molar-refractivity contribution in [1.29, 1.82) is 0 Å². The maximum Gasteiger partial charge on any atom is 0.128 e. The lowest BCUT2D eigenvalue weighted by Crippen LogP contribution is -2.57. The molecule has 0 N–H and O–H groups in total. The first kappa shape index (κ1) is 14.0. The summed E-state index contributed by atoms with van der Waals surface area (Å²) in [6.07, 6.45) is 5.46. The van der Waals surface area contributed by atoms with Crippen LogP contribution in [0.4, 0.5) is 4.39 Å². The second-order valence-electron chi connectivity index (χ2n) is 6.65. The Bertz CT molecular complexity index is 490. The maximum absolute atomic E-state index is 13.6. The van der Waals surface area contributed by atoms with Crippen molar-refractivity contribution in [2.45, 2.75) is 69.9 Å². The van der Waals surface area contributed by atoms with Gasteiger partial charge in [0.25, 0.3) is 0 Å². The smallest absolute Gasteiger partial charge is 0.128 e. The van der Waals surface area contributed by atoms with Gasteiger partial charge in [-0.05, 0) is 52.0 Å². The molecule has 3 unspecified atom stereocenters. The normalized spacial score (nSPS) is 36.9. The van der Waals surface area contributed by atoms with Crippen LogP contribution in [-0.2, 0) is 16.1 Å². The summed E-state index contributed by atoms with van der Waals surface area (Å²) in [6.45, 7) is 4.68. The Kier molecular flexibility index (Phi) is 3.59. The van der Waals surface area contributed by atoms with Crippen LogP contribution in [0.1, 0.15) is 51.5 Å². The number of hydrogen-bond acceptors (Lipinski definition) is 2. The fraction of sp³-hybridized carbons (Fsp3) is 0.647. The van der Waals surface area contributed by atoms with Crippen LogP contribution in [0.3, 0.4) is 0 Å². The lowest BCUT2D eigenvalue weighted by molar-refractivity contribution is -0.260. The van der Waals surface area contributed by atoms with Crippen LogP contribution in [0.25, 0.3) is 0 Å². The molecule has 0 aromatic heterocycles. The second kappa shape index (κ2) is 5.12. The summed E-state index contributed by atoms with van der Waals surface area (Å²) in [5.41, 5.74) is 0.432. The van der Waals surface area contributed by atoms with Gasteiger partial charge in [-0.25, -0.2) is 4.39 Å². The van der Waals surface area contributed by atoms with E-state index >= 15 is 0 Å². The third-order valence-corrected chi connectivity index (χ3v) is 4.87. The molecule has 3 rings (SSSR count). The minimum Gasteiger partial charge on any atom is -0.370 e. The van der Waals surface area contributed by atoms with E-state index in [1.54, 1.807) is 12.1 Å². The van der Waals surface area contributed by atoms with E-state index in [0.29, 0.717) is 12.2 Å². The van der Waals surface area contributed by atoms with Gasteiger partial charge in [0, 0.05) is 5.56 Å². The predicted octanol–water partition coefficient (Wildman–Crippen LogP) is 4.22. The van der Waals surface area contributed by atoms with Gasteiger partial charge in [0.1, 0.15) is 5.82 Å². The molecule has 2 nitrogen and oxygen atoms in total. The zero-order valence-corrected chi connectivity index (χ0v) is 12.3. The van der Waals surface area contributed by atoms with Crippen molar-refractivity contribution in [2.24, 2.45) is 0 Å². The van der Waals surface area contributed by atoms with Crippen molar-refractivity contribution in [2.75, 3.05) is 0 Å². The number of halogens is 1. The van der Waals surface area contributed by atoms with E-state index < -0.39 is 0 Å². The zero-order chi connectivity index (χ0) is 14.2. The number of rotatable bonds is 3. The van der Waals surface area contributed by atoms with Crippen molar-refractivity contribution < 1.29 is 13.9 Å². The van der Waals surface area contributed by atoms with Gasteiger partial charge < -0.3 is 9.47 Å². The summed E-state index contributed by atoms with van der Waals surface area (Å²) in [7, 11) is 0. The largest absolute Gasteiger partial charge is 0.370 e. The summed E-state index contributed by atoms with van der Waals surface area (Å²) >= 11 is 0. The van der Waals surface area contributed by atoms with Crippen LogP contribution < -0.4 is 0 Å². The Labute approximate surface area is 120 Å². The summed E-state index contributed by atoms with van der Waals surface area (Å²) < 4.78 is 26.0. The zero-order valence-electron chi connectivity index (χ0n) is 12.3. The van der Waals surface area contributed by atoms with Crippen LogP contribution in [-0.4, -0.2) is 17.3 Å². The fourth-order valence-corrected chi connectivity index (χ4v) is 3.69. The molecule has 0 spiro atoms. The molecular weight excluding hydrogens is 255 g/mol. The number of hydrogen-bond donors (Lipinski definition) is 0. The van der Waals surface area contributed by atoms with Gasteiger partial charge in [0.05, 0.1) is 23.9 Å². The SMILES string of the molecule is CC12CCCC(C)(O1)C(OCc1ccccc1F)CC2. The molecule has 3 heteroatoms. The average molecular weight is 278 g/mol. The molecule has 0 amide bonds. The molecule has 20 heavy (non-hydrogen) atoms. The third kappa shape index (κ3) is 2.61. The second-order valence-corrected chi connectivity index (χ2v) is 6.65. The van der Waals surface area contributed by atoms with E-state index in [2.05, 4.69) is 13.8 Å². The number of fused-ring (bicyclic) bond motifs is 2. The van der Waals surface area contributed by atoms with E-state index in [0.717, 1.165) is 25.7 Å². The third-order valence-electron chi connectivity index (χ3n) is 4.87. The number of ether oxygens (including phenoxy) is 2. The van der Waals surface area contributed by atoms with E-state index in [-0.39, 0.29) is 23.1 Å². The summed E-state index contributed by atoms with van der Waals surface area (Å²) in [5.74, 6) is -0.192. The van der Waals surface area contributed by atoms with Gasteiger partial charge in [0.2, 0.25) is 0 Å². The minimum atomic E-state index is -0.212. The quantitative estimate of drug-likeness (QED) is 0.824. The van der Waals surface area contributed by atoms with E-state index in [4.69, 9.17) is 9.47 Å². The van der Waals surface area contributed by atoms with E-state index in [1.807, 2.05) is 6.07 Å². The number of benzene rings is 1. The molecule has 3 atom stereocenters. The maximum atomic E-state index is 13.6. The molecule has 110 valence electrons. The molecule has 0 radical (unpaired) electrons. The Hall–Kier alpha value is -0.930. The van der Waals surface area contributed by atoms with E-state index in [1.165, 1.54) is 12.5 Å². The molecule has 1 aromatic rings. The molecule has 2 saturated heterocycles. The van der Waals surface area contributed by atoms with Crippen LogP contribution in [0, 0.1) is 5.82 Å². The topological polar surface area (TPSA) is 18.5 Å². The minimum absolute atomic E-state index is 0.0187. The average Bonchev–Trinajstić information content (AvgIpc) is 2.39. The first-order valence-corrected chi connectivity index (χ1v) is 7.56. The first-order valence-electron chi connectivity index (χ1n) is 7.56. The van der Waals surface area contributed by atoms with Crippen molar-refractivity contribution in [3.05, 3.63) is 35.6 Å².